The summed E-state index contributed by atoms with van der Waals surface area (Å²) in [5, 5.41) is 6.55. The van der Waals surface area contributed by atoms with Gasteiger partial charge in [0.05, 0.1) is 0 Å². The average Bonchev–Trinajstić information content (AvgIpc) is 2.33. The van der Waals surface area contributed by atoms with Crippen molar-refractivity contribution in [2.24, 2.45) is 0 Å². The van der Waals surface area contributed by atoms with Crippen molar-refractivity contribution in [1.82, 2.24) is 20.4 Å². The lowest BCUT2D eigenvalue weighted by Crippen LogP contribution is -2.40. The maximum Gasteiger partial charge on any atom is 0.0104 e. The molecule has 4 nitrogen and oxygen atoms in total. The number of hydrogen-bond donors (Lipinski definition) is 2. The highest BCUT2D eigenvalue weighted by Gasteiger charge is 2.01. The van der Waals surface area contributed by atoms with E-state index < -0.39 is 0 Å². The van der Waals surface area contributed by atoms with E-state index >= 15 is 0 Å². The van der Waals surface area contributed by atoms with Crippen molar-refractivity contribution in [3.05, 3.63) is 0 Å². The molecule has 0 amide bonds. The number of likely N-dealkylation sites (N-methyl/N-ethyl adjacent to an activating group) is 2. The van der Waals surface area contributed by atoms with Gasteiger partial charge in [-0.15, -0.1) is 0 Å². The van der Waals surface area contributed by atoms with Crippen LogP contribution in [0.15, 0.2) is 0 Å². The second-order valence-electron chi connectivity index (χ2n) is 4.81. The molecule has 17 heavy (non-hydrogen) atoms. The van der Waals surface area contributed by atoms with E-state index in [1.165, 1.54) is 32.6 Å². The molecule has 2 aliphatic rings. The Kier molecular flexibility index (Phi) is 12.2. The van der Waals surface area contributed by atoms with Crippen LogP contribution in [0, 0.1) is 0 Å². The predicted molar refractivity (Wildman–Crippen MR) is 76.7 cm³/mol. The summed E-state index contributed by atoms with van der Waals surface area (Å²) < 4.78 is 0. The third-order valence-electron chi connectivity index (χ3n) is 2.68. The maximum atomic E-state index is 3.27. The molecule has 0 aliphatic carbocycles. The first-order valence-electron chi connectivity index (χ1n) is 6.99. The van der Waals surface area contributed by atoms with E-state index in [1.807, 2.05) is 0 Å². The Morgan fingerprint density at radius 2 is 0.941 bits per heavy atom. The van der Waals surface area contributed by atoms with Crippen LogP contribution in [0.1, 0.15) is 20.3 Å². The highest BCUT2D eigenvalue weighted by Crippen LogP contribution is 1.83. The Morgan fingerprint density at radius 3 is 1.06 bits per heavy atom. The fraction of sp³-hybridized carbons (Fsp3) is 1.00. The largest absolute Gasteiger partial charge is 0.314 e. The molecular weight excluding hydrogens is 212 g/mol. The first kappa shape index (κ1) is 16.8. The molecule has 2 fully saturated rings. The molecule has 0 aromatic carbocycles. The van der Waals surface area contributed by atoms with Gasteiger partial charge in [0, 0.05) is 52.4 Å². The standard InChI is InChI=1S/2C5H12N2.C3H8/c2*1-7-4-2-6-3-5-7;1-3-2/h2*6H,2-5H2,1H3;3H2,1-2H3. The molecular formula is C13H32N4. The molecule has 0 aromatic rings. The molecule has 104 valence electrons. The van der Waals surface area contributed by atoms with Gasteiger partial charge in [-0.05, 0) is 14.1 Å². The summed E-state index contributed by atoms with van der Waals surface area (Å²) in [6.07, 6.45) is 1.25. The Balaban J connectivity index is 0.000000247. The number of nitrogens with one attached hydrogen (secondary N) is 2. The van der Waals surface area contributed by atoms with Crippen molar-refractivity contribution < 1.29 is 0 Å². The minimum Gasteiger partial charge on any atom is -0.314 e. The zero-order valence-electron chi connectivity index (χ0n) is 12.3. The molecule has 2 heterocycles. The summed E-state index contributed by atoms with van der Waals surface area (Å²) in [4.78, 5) is 4.66. The van der Waals surface area contributed by atoms with Gasteiger partial charge >= 0.3 is 0 Å². The third-order valence-corrected chi connectivity index (χ3v) is 2.68. The van der Waals surface area contributed by atoms with Crippen molar-refractivity contribution in [2.45, 2.75) is 20.3 Å². The molecule has 0 aromatic heterocycles. The van der Waals surface area contributed by atoms with E-state index in [1.54, 1.807) is 0 Å². The molecule has 0 spiro atoms. The van der Waals surface area contributed by atoms with Gasteiger partial charge in [0.25, 0.3) is 0 Å². The SMILES string of the molecule is CCC.CN1CCNCC1.CN1CCNCC1. The Labute approximate surface area is 108 Å². The van der Waals surface area contributed by atoms with Gasteiger partial charge in [-0.1, -0.05) is 20.3 Å². The van der Waals surface area contributed by atoms with Gasteiger partial charge in [0.1, 0.15) is 0 Å². The van der Waals surface area contributed by atoms with E-state index in [9.17, 15) is 0 Å². The van der Waals surface area contributed by atoms with Crippen LogP contribution in [-0.2, 0) is 0 Å². The molecule has 0 bridgehead atoms. The van der Waals surface area contributed by atoms with E-state index in [-0.39, 0.29) is 0 Å². The highest BCUT2D eigenvalue weighted by molar-refractivity contribution is 4.62. The highest BCUT2D eigenvalue weighted by atomic mass is 15.2. The van der Waals surface area contributed by atoms with Crippen LogP contribution in [-0.4, -0.2) is 76.3 Å². The van der Waals surface area contributed by atoms with Gasteiger partial charge in [-0.25, -0.2) is 0 Å². The smallest absolute Gasteiger partial charge is 0.0104 e. The van der Waals surface area contributed by atoms with Crippen LogP contribution in [0.3, 0.4) is 0 Å². The molecule has 0 radical (unpaired) electrons. The minimum atomic E-state index is 1.16. The van der Waals surface area contributed by atoms with E-state index in [2.05, 4.69) is 48.4 Å². The Morgan fingerprint density at radius 1 is 0.706 bits per heavy atom. The van der Waals surface area contributed by atoms with Crippen molar-refractivity contribution in [2.75, 3.05) is 66.5 Å². The Bertz CT molecular complexity index is 124. The van der Waals surface area contributed by atoms with Gasteiger partial charge < -0.3 is 20.4 Å². The van der Waals surface area contributed by atoms with Crippen LogP contribution in [0.25, 0.3) is 0 Å². The quantitative estimate of drug-likeness (QED) is 0.648. The van der Waals surface area contributed by atoms with Crippen molar-refractivity contribution >= 4 is 0 Å². The summed E-state index contributed by atoms with van der Waals surface area (Å²) in [5.74, 6) is 0. The number of nitrogens with zero attached hydrogens (tertiary/aromatic N) is 2. The van der Waals surface area contributed by atoms with Crippen LogP contribution in [0.4, 0.5) is 0 Å². The van der Waals surface area contributed by atoms with Crippen molar-refractivity contribution in [1.29, 1.82) is 0 Å². The van der Waals surface area contributed by atoms with Gasteiger partial charge in [-0.2, -0.15) is 0 Å². The number of hydrogen-bond acceptors (Lipinski definition) is 4. The summed E-state index contributed by atoms with van der Waals surface area (Å²) in [6.45, 7) is 13.7. The summed E-state index contributed by atoms with van der Waals surface area (Å²) in [6, 6.07) is 0. The first-order chi connectivity index (χ1) is 8.20. The van der Waals surface area contributed by atoms with Gasteiger partial charge in [-0.3, -0.25) is 0 Å². The summed E-state index contributed by atoms with van der Waals surface area (Å²) in [5.41, 5.74) is 0. The van der Waals surface area contributed by atoms with E-state index in [0.717, 1.165) is 26.2 Å². The number of piperazine rings is 2. The topological polar surface area (TPSA) is 30.5 Å². The van der Waals surface area contributed by atoms with Crippen molar-refractivity contribution in [3.63, 3.8) is 0 Å². The lowest BCUT2D eigenvalue weighted by atomic mass is 10.4. The summed E-state index contributed by atoms with van der Waals surface area (Å²) >= 11 is 0. The van der Waals surface area contributed by atoms with Gasteiger partial charge in [0.15, 0.2) is 0 Å². The average molecular weight is 244 g/mol. The molecule has 0 atom stereocenters. The van der Waals surface area contributed by atoms with Gasteiger partial charge in [0.2, 0.25) is 0 Å². The summed E-state index contributed by atoms with van der Waals surface area (Å²) in [7, 11) is 4.31. The molecule has 0 saturated carbocycles. The van der Waals surface area contributed by atoms with Crippen LogP contribution in [0.2, 0.25) is 0 Å². The second-order valence-corrected chi connectivity index (χ2v) is 4.81. The Hall–Kier alpha value is -0.160. The first-order valence-corrected chi connectivity index (χ1v) is 6.99. The lowest BCUT2D eigenvalue weighted by Gasteiger charge is -2.21. The van der Waals surface area contributed by atoms with Crippen LogP contribution in [0.5, 0.6) is 0 Å². The van der Waals surface area contributed by atoms with Crippen LogP contribution < -0.4 is 10.6 Å². The van der Waals surface area contributed by atoms with E-state index in [4.69, 9.17) is 0 Å². The molecule has 2 aliphatic heterocycles. The molecule has 2 N–H and O–H groups in total. The maximum absolute atomic E-state index is 3.27. The van der Waals surface area contributed by atoms with Crippen LogP contribution >= 0.6 is 0 Å². The fourth-order valence-electron chi connectivity index (χ4n) is 1.55. The zero-order chi connectivity index (χ0) is 12.9. The molecule has 2 saturated heterocycles. The third kappa shape index (κ3) is 12.1. The normalized spacial score (nSPS) is 21.9. The molecule has 2 rings (SSSR count). The second kappa shape index (κ2) is 12.3. The fourth-order valence-corrected chi connectivity index (χ4v) is 1.55. The van der Waals surface area contributed by atoms with E-state index in [0.29, 0.717) is 0 Å². The number of rotatable bonds is 0. The lowest BCUT2D eigenvalue weighted by molar-refractivity contribution is 0.291. The molecule has 4 heteroatoms. The molecule has 0 unspecified atom stereocenters. The van der Waals surface area contributed by atoms with Crippen molar-refractivity contribution in [3.8, 4) is 0 Å². The minimum absolute atomic E-state index is 1.16. The monoisotopic (exact) mass is 244 g/mol. The zero-order valence-corrected chi connectivity index (χ0v) is 12.3. The predicted octanol–water partition coefficient (Wildman–Crippen LogP) is 0.459.